The Labute approximate surface area is 122 Å². The second kappa shape index (κ2) is 5.41. The molecule has 0 fully saturated rings. The molecular formula is C12H16N4O4S. The Bertz CT molecular complexity index is 754. The second-order valence-electron chi connectivity index (χ2n) is 4.78. The molecule has 0 saturated heterocycles. The molecule has 0 aliphatic heterocycles. The lowest BCUT2D eigenvalue weighted by molar-refractivity contribution is 0.0965. The number of carbonyl (C=O) groups is 1. The summed E-state index contributed by atoms with van der Waals surface area (Å²) in [5, 5.41) is 7.63. The van der Waals surface area contributed by atoms with Gasteiger partial charge >= 0.3 is 0 Å². The molecule has 0 aliphatic rings. The number of aromatic nitrogens is 3. The van der Waals surface area contributed by atoms with Crippen molar-refractivity contribution in [2.24, 2.45) is 0 Å². The third-order valence-corrected chi connectivity index (χ3v) is 4.77. The molecule has 8 nitrogen and oxygen atoms in total. The van der Waals surface area contributed by atoms with Crippen LogP contribution in [0.5, 0.6) is 0 Å². The average Bonchev–Trinajstić information content (AvgIpc) is 2.97. The van der Waals surface area contributed by atoms with Gasteiger partial charge in [0.15, 0.2) is 5.78 Å². The van der Waals surface area contributed by atoms with Crippen LogP contribution in [0.15, 0.2) is 21.8 Å². The maximum atomic E-state index is 12.2. The van der Waals surface area contributed by atoms with E-state index in [1.807, 2.05) is 0 Å². The van der Waals surface area contributed by atoms with Crippen molar-refractivity contribution in [3.05, 3.63) is 29.4 Å². The standard InChI is InChI=1S/C12H16N4O4S/c1-8-12(9(2)20-14-8)11(17)7-16-6-10(5-13-16)21(18,19)15(3)4/h5-6H,7H2,1-4H3. The molecule has 0 unspecified atom stereocenters. The molecule has 0 saturated carbocycles. The van der Waals surface area contributed by atoms with Crippen LogP contribution in [0.25, 0.3) is 0 Å². The highest BCUT2D eigenvalue weighted by atomic mass is 32.2. The number of hydrogen-bond acceptors (Lipinski definition) is 6. The molecular weight excluding hydrogens is 296 g/mol. The minimum absolute atomic E-state index is 0.0408. The summed E-state index contributed by atoms with van der Waals surface area (Å²) in [4.78, 5) is 12.2. The van der Waals surface area contributed by atoms with Gasteiger partial charge in [0.1, 0.15) is 17.2 Å². The SMILES string of the molecule is Cc1noc(C)c1C(=O)Cn1cc(S(=O)(=O)N(C)C)cn1. The average molecular weight is 312 g/mol. The number of hydrogen-bond donors (Lipinski definition) is 0. The van der Waals surface area contributed by atoms with Crippen LogP contribution >= 0.6 is 0 Å². The molecule has 0 aromatic carbocycles. The van der Waals surface area contributed by atoms with Crippen molar-refractivity contribution in [1.82, 2.24) is 19.2 Å². The van der Waals surface area contributed by atoms with Crippen LogP contribution in [0.3, 0.4) is 0 Å². The summed E-state index contributed by atoms with van der Waals surface area (Å²) in [6.07, 6.45) is 2.54. The fourth-order valence-corrected chi connectivity index (χ4v) is 2.74. The van der Waals surface area contributed by atoms with E-state index in [0.717, 1.165) is 4.31 Å². The number of nitrogens with zero attached hydrogens (tertiary/aromatic N) is 4. The normalized spacial score (nSPS) is 12.0. The Kier molecular flexibility index (Phi) is 3.97. The minimum Gasteiger partial charge on any atom is -0.361 e. The molecule has 9 heteroatoms. The van der Waals surface area contributed by atoms with Crippen molar-refractivity contribution < 1.29 is 17.7 Å². The molecule has 0 atom stereocenters. The number of ketones is 1. The Balaban J connectivity index is 2.23. The van der Waals surface area contributed by atoms with Gasteiger partial charge in [-0.1, -0.05) is 5.16 Å². The Morgan fingerprint density at radius 1 is 1.38 bits per heavy atom. The maximum Gasteiger partial charge on any atom is 0.245 e. The van der Waals surface area contributed by atoms with Gasteiger partial charge in [0, 0.05) is 20.3 Å². The molecule has 0 radical (unpaired) electrons. The molecule has 2 heterocycles. The molecule has 2 aromatic heterocycles. The quantitative estimate of drug-likeness (QED) is 0.751. The number of rotatable bonds is 5. The summed E-state index contributed by atoms with van der Waals surface area (Å²) in [5.74, 6) is 0.203. The largest absolute Gasteiger partial charge is 0.361 e. The molecule has 21 heavy (non-hydrogen) atoms. The fourth-order valence-electron chi connectivity index (χ4n) is 1.88. The molecule has 0 spiro atoms. The molecule has 2 rings (SSSR count). The summed E-state index contributed by atoms with van der Waals surface area (Å²) < 4.78 is 31.2. The van der Waals surface area contributed by atoms with Gasteiger partial charge in [-0.05, 0) is 13.8 Å². The predicted molar refractivity (Wildman–Crippen MR) is 73.4 cm³/mol. The summed E-state index contributed by atoms with van der Waals surface area (Å²) in [6.45, 7) is 3.25. The Hall–Kier alpha value is -2.00. The number of carbonyl (C=O) groups excluding carboxylic acids is 1. The second-order valence-corrected chi connectivity index (χ2v) is 6.94. The first-order valence-corrected chi connectivity index (χ1v) is 7.58. The van der Waals surface area contributed by atoms with Crippen LogP contribution in [0.1, 0.15) is 21.8 Å². The monoisotopic (exact) mass is 312 g/mol. The van der Waals surface area contributed by atoms with E-state index in [1.165, 1.54) is 31.2 Å². The van der Waals surface area contributed by atoms with E-state index in [0.29, 0.717) is 17.0 Å². The smallest absolute Gasteiger partial charge is 0.245 e. The lowest BCUT2D eigenvalue weighted by Gasteiger charge is -2.08. The van der Waals surface area contributed by atoms with E-state index in [1.54, 1.807) is 13.8 Å². The summed E-state index contributed by atoms with van der Waals surface area (Å²) >= 11 is 0. The van der Waals surface area contributed by atoms with Crippen molar-refractivity contribution in [1.29, 1.82) is 0 Å². The highest BCUT2D eigenvalue weighted by molar-refractivity contribution is 7.89. The number of Topliss-reactive ketones (excluding diaryl/α,β-unsaturated/α-hetero) is 1. The van der Waals surface area contributed by atoms with Crippen molar-refractivity contribution in [2.75, 3.05) is 14.1 Å². The third kappa shape index (κ3) is 2.88. The Morgan fingerprint density at radius 3 is 2.57 bits per heavy atom. The van der Waals surface area contributed by atoms with Gasteiger partial charge in [0.05, 0.1) is 17.5 Å². The molecule has 2 aromatic rings. The summed E-state index contributed by atoms with van der Waals surface area (Å²) in [5.41, 5.74) is 0.910. The van der Waals surface area contributed by atoms with Crippen LogP contribution in [-0.2, 0) is 16.6 Å². The topological polar surface area (TPSA) is 98.3 Å². The summed E-state index contributed by atoms with van der Waals surface area (Å²) in [7, 11) is -0.690. The van der Waals surface area contributed by atoms with Gasteiger partial charge in [0.25, 0.3) is 0 Å². The van der Waals surface area contributed by atoms with E-state index in [4.69, 9.17) is 4.52 Å². The number of sulfonamides is 1. The zero-order valence-corrected chi connectivity index (χ0v) is 13.0. The van der Waals surface area contributed by atoms with Gasteiger partial charge in [-0.3, -0.25) is 9.48 Å². The number of aryl methyl sites for hydroxylation is 2. The van der Waals surface area contributed by atoms with Crippen LogP contribution in [-0.4, -0.2) is 47.5 Å². The van der Waals surface area contributed by atoms with Crippen LogP contribution in [0.2, 0.25) is 0 Å². The highest BCUT2D eigenvalue weighted by Gasteiger charge is 2.21. The van der Waals surface area contributed by atoms with Gasteiger partial charge in [-0.25, -0.2) is 12.7 Å². The zero-order valence-electron chi connectivity index (χ0n) is 12.2. The first kappa shape index (κ1) is 15.4. The van der Waals surface area contributed by atoms with Crippen LogP contribution in [0, 0.1) is 13.8 Å². The molecule has 0 N–H and O–H groups in total. The van der Waals surface area contributed by atoms with Gasteiger partial charge in [-0.2, -0.15) is 5.10 Å². The van der Waals surface area contributed by atoms with Gasteiger partial charge in [-0.15, -0.1) is 0 Å². The first-order chi connectivity index (χ1) is 9.73. The van der Waals surface area contributed by atoms with Crippen molar-refractivity contribution in [2.45, 2.75) is 25.3 Å². The lowest BCUT2D eigenvalue weighted by Crippen LogP contribution is -2.21. The molecule has 0 aliphatic carbocycles. The van der Waals surface area contributed by atoms with Crippen molar-refractivity contribution >= 4 is 15.8 Å². The predicted octanol–water partition coefficient (Wildman–Crippen LogP) is 0.621. The van der Waals surface area contributed by atoms with Crippen molar-refractivity contribution in [3.63, 3.8) is 0 Å². The van der Waals surface area contributed by atoms with E-state index in [2.05, 4.69) is 10.3 Å². The summed E-state index contributed by atoms with van der Waals surface area (Å²) in [6, 6.07) is 0. The zero-order chi connectivity index (χ0) is 15.8. The van der Waals surface area contributed by atoms with Crippen LogP contribution < -0.4 is 0 Å². The van der Waals surface area contributed by atoms with Crippen molar-refractivity contribution in [3.8, 4) is 0 Å². The van der Waals surface area contributed by atoms with Gasteiger partial charge in [0.2, 0.25) is 10.0 Å². The lowest BCUT2D eigenvalue weighted by atomic mass is 10.1. The molecule has 114 valence electrons. The molecule has 0 amide bonds. The first-order valence-electron chi connectivity index (χ1n) is 6.14. The molecule has 0 bridgehead atoms. The maximum absolute atomic E-state index is 12.2. The van der Waals surface area contributed by atoms with E-state index >= 15 is 0 Å². The fraction of sp³-hybridized carbons (Fsp3) is 0.417. The van der Waals surface area contributed by atoms with E-state index < -0.39 is 10.0 Å². The van der Waals surface area contributed by atoms with E-state index in [-0.39, 0.29) is 17.2 Å². The Morgan fingerprint density at radius 2 is 2.05 bits per heavy atom. The minimum atomic E-state index is -3.55. The highest BCUT2D eigenvalue weighted by Crippen LogP contribution is 2.15. The van der Waals surface area contributed by atoms with Crippen LogP contribution in [0.4, 0.5) is 0 Å². The van der Waals surface area contributed by atoms with Gasteiger partial charge < -0.3 is 4.52 Å². The van der Waals surface area contributed by atoms with E-state index in [9.17, 15) is 13.2 Å². The third-order valence-electron chi connectivity index (χ3n) is 3.01.